The van der Waals surface area contributed by atoms with Crippen LogP contribution in [0.2, 0.25) is 0 Å². The highest BCUT2D eigenvalue weighted by molar-refractivity contribution is 5.41. The molecule has 0 spiro atoms. The summed E-state index contributed by atoms with van der Waals surface area (Å²) >= 11 is 0. The van der Waals surface area contributed by atoms with Crippen molar-refractivity contribution < 1.29 is 0 Å². The molecule has 1 aromatic carbocycles. The monoisotopic (exact) mass is 240 g/mol. The van der Waals surface area contributed by atoms with E-state index in [9.17, 15) is 0 Å². The van der Waals surface area contributed by atoms with Crippen LogP contribution in [0.5, 0.6) is 0 Å². The Labute approximate surface area is 110 Å². The Balaban J connectivity index is 2.75. The van der Waals surface area contributed by atoms with Crippen LogP contribution < -0.4 is 5.32 Å². The van der Waals surface area contributed by atoms with Crippen LogP contribution >= 0.6 is 0 Å². The number of hydrogen-bond donors (Lipinski definition) is 1. The Kier molecular flexibility index (Phi) is 5.98. The molecule has 0 aromatic heterocycles. The van der Waals surface area contributed by atoms with Crippen molar-refractivity contribution in [1.29, 1.82) is 5.26 Å². The second kappa shape index (κ2) is 7.54. The van der Waals surface area contributed by atoms with Gasteiger partial charge in [-0.05, 0) is 45.0 Å². The van der Waals surface area contributed by atoms with Gasteiger partial charge in [-0.1, -0.05) is 24.8 Å². The minimum atomic E-state index is 0.401. The molecule has 0 saturated carbocycles. The lowest BCUT2D eigenvalue weighted by Gasteiger charge is -2.13. The quantitative estimate of drug-likeness (QED) is 0.821. The van der Waals surface area contributed by atoms with E-state index in [1.165, 1.54) is 0 Å². The van der Waals surface area contributed by atoms with Crippen LogP contribution in [0.4, 0.5) is 0 Å². The molecule has 0 aliphatic rings. The Morgan fingerprint density at radius 2 is 2.06 bits per heavy atom. The van der Waals surface area contributed by atoms with E-state index in [-0.39, 0.29) is 0 Å². The summed E-state index contributed by atoms with van der Waals surface area (Å²) in [6.45, 7) is 4.33. The van der Waals surface area contributed by atoms with Crippen molar-refractivity contribution in [2.75, 3.05) is 7.05 Å². The lowest BCUT2D eigenvalue weighted by atomic mass is 9.98. The van der Waals surface area contributed by atoms with Gasteiger partial charge in [0.1, 0.15) is 0 Å². The van der Waals surface area contributed by atoms with E-state index in [0.717, 1.165) is 18.4 Å². The standard InChI is InChI=1S/C16H20N2/c1-4-14(10-13(2)18-3)8-9-15-6-5-7-16(11-15)12-17/h5-7,11,13-14,18H,4,10H2,1-3H3. The van der Waals surface area contributed by atoms with E-state index in [4.69, 9.17) is 5.26 Å². The van der Waals surface area contributed by atoms with Crippen molar-refractivity contribution in [1.82, 2.24) is 5.32 Å². The minimum Gasteiger partial charge on any atom is -0.317 e. The Hall–Kier alpha value is -1.77. The molecular formula is C16H20N2. The summed E-state index contributed by atoms with van der Waals surface area (Å²) in [5, 5.41) is 12.1. The molecule has 2 unspecified atom stereocenters. The SMILES string of the molecule is CCC(C#Cc1cccc(C#N)c1)CC(C)NC. The van der Waals surface area contributed by atoms with Gasteiger partial charge in [-0.2, -0.15) is 5.26 Å². The van der Waals surface area contributed by atoms with Gasteiger partial charge in [-0.25, -0.2) is 0 Å². The number of nitrogens with one attached hydrogen (secondary N) is 1. The summed E-state index contributed by atoms with van der Waals surface area (Å²) in [5.41, 5.74) is 1.59. The van der Waals surface area contributed by atoms with Crippen molar-refractivity contribution >= 4 is 0 Å². The first-order valence-electron chi connectivity index (χ1n) is 6.38. The van der Waals surface area contributed by atoms with Crippen LogP contribution in [0.1, 0.15) is 37.8 Å². The summed E-state index contributed by atoms with van der Waals surface area (Å²) in [4.78, 5) is 0. The molecule has 0 heterocycles. The molecule has 1 rings (SSSR count). The number of nitriles is 1. The summed E-state index contributed by atoms with van der Waals surface area (Å²) in [5.74, 6) is 6.87. The molecule has 2 atom stereocenters. The molecule has 0 aliphatic carbocycles. The van der Waals surface area contributed by atoms with Crippen LogP contribution in [-0.2, 0) is 0 Å². The van der Waals surface area contributed by atoms with Gasteiger partial charge >= 0.3 is 0 Å². The van der Waals surface area contributed by atoms with E-state index >= 15 is 0 Å². The fourth-order valence-electron chi connectivity index (χ4n) is 1.72. The molecule has 0 amide bonds. The first-order chi connectivity index (χ1) is 8.69. The largest absolute Gasteiger partial charge is 0.317 e. The van der Waals surface area contributed by atoms with Crippen molar-refractivity contribution in [2.45, 2.75) is 32.7 Å². The summed E-state index contributed by atoms with van der Waals surface area (Å²) < 4.78 is 0. The van der Waals surface area contributed by atoms with Gasteiger partial charge in [0.25, 0.3) is 0 Å². The van der Waals surface area contributed by atoms with Gasteiger partial charge in [0.2, 0.25) is 0 Å². The third-order valence-corrected chi connectivity index (χ3v) is 3.04. The molecule has 94 valence electrons. The van der Waals surface area contributed by atoms with Crippen molar-refractivity contribution in [3.8, 4) is 17.9 Å². The summed E-state index contributed by atoms with van der Waals surface area (Å²) in [6, 6.07) is 10.1. The number of hydrogen-bond acceptors (Lipinski definition) is 2. The molecule has 1 N–H and O–H groups in total. The zero-order valence-electron chi connectivity index (χ0n) is 11.3. The van der Waals surface area contributed by atoms with Gasteiger partial charge in [0.05, 0.1) is 11.6 Å². The van der Waals surface area contributed by atoms with Gasteiger partial charge in [-0.15, -0.1) is 0 Å². The highest BCUT2D eigenvalue weighted by atomic mass is 14.8. The Morgan fingerprint density at radius 1 is 1.33 bits per heavy atom. The van der Waals surface area contributed by atoms with Crippen LogP contribution in [0.15, 0.2) is 24.3 Å². The van der Waals surface area contributed by atoms with Crippen molar-refractivity contribution in [3.63, 3.8) is 0 Å². The van der Waals surface area contributed by atoms with Crippen molar-refractivity contribution in [3.05, 3.63) is 35.4 Å². The minimum absolute atomic E-state index is 0.401. The Morgan fingerprint density at radius 3 is 2.67 bits per heavy atom. The predicted molar refractivity (Wildman–Crippen MR) is 75.0 cm³/mol. The molecular weight excluding hydrogens is 220 g/mol. The average molecular weight is 240 g/mol. The third kappa shape index (κ3) is 4.62. The van der Waals surface area contributed by atoms with Crippen LogP contribution in [0.25, 0.3) is 0 Å². The summed E-state index contributed by atoms with van der Waals surface area (Å²) in [7, 11) is 1.97. The van der Waals surface area contributed by atoms with E-state index in [2.05, 4.69) is 37.1 Å². The smallest absolute Gasteiger partial charge is 0.0992 e. The first-order valence-corrected chi connectivity index (χ1v) is 6.38. The molecule has 0 aliphatic heterocycles. The van der Waals surface area contributed by atoms with Crippen LogP contribution in [-0.4, -0.2) is 13.1 Å². The topological polar surface area (TPSA) is 35.8 Å². The van der Waals surface area contributed by atoms with Gasteiger partial charge < -0.3 is 5.32 Å². The molecule has 2 nitrogen and oxygen atoms in total. The highest BCUT2D eigenvalue weighted by Gasteiger charge is 2.06. The highest BCUT2D eigenvalue weighted by Crippen LogP contribution is 2.10. The van der Waals surface area contributed by atoms with Crippen LogP contribution in [0, 0.1) is 29.1 Å². The Bertz CT molecular complexity index is 474. The summed E-state index contributed by atoms with van der Waals surface area (Å²) in [6.07, 6.45) is 2.11. The fraction of sp³-hybridized carbons (Fsp3) is 0.438. The zero-order valence-corrected chi connectivity index (χ0v) is 11.3. The molecule has 18 heavy (non-hydrogen) atoms. The van der Waals surface area contributed by atoms with Crippen LogP contribution in [0.3, 0.4) is 0 Å². The van der Waals surface area contributed by atoms with Gasteiger partial charge in [0.15, 0.2) is 0 Å². The first kappa shape index (κ1) is 14.3. The maximum Gasteiger partial charge on any atom is 0.0992 e. The zero-order chi connectivity index (χ0) is 13.4. The average Bonchev–Trinajstić information content (AvgIpc) is 2.43. The predicted octanol–water partition coefficient (Wildman–Crippen LogP) is 2.93. The second-order valence-electron chi connectivity index (χ2n) is 4.49. The molecule has 0 saturated heterocycles. The maximum atomic E-state index is 8.83. The second-order valence-corrected chi connectivity index (χ2v) is 4.49. The van der Waals surface area contributed by atoms with Gasteiger partial charge in [-0.3, -0.25) is 0 Å². The molecule has 0 fully saturated rings. The molecule has 0 radical (unpaired) electrons. The van der Waals surface area contributed by atoms with E-state index in [1.54, 1.807) is 6.07 Å². The third-order valence-electron chi connectivity index (χ3n) is 3.04. The molecule has 1 aromatic rings. The van der Waals surface area contributed by atoms with Gasteiger partial charge in [0, 0.05) is 17.5 Å². The van der Waals surface area contributed by atoms with E-state index in [1.807, 2.05) is 25.2 Å². The normalized spacial score (nSPS) is 13.0. The lowest BCUT2D eigenvalue weighted by Crippen LogP contribution is -2.23. The lowest BCUT2D eigenvalue weighted by molar-refractivity contribution is 0.476. The molecule has 2 heteroatoms. The number of rotatable bonds is 4. The number of nitrogens with zero attached hydrogens (tertiary/aromatic N) is 1. The van der Waals surface area contributed by atoms with E-state index < -0.39 is 0 Å². The maximum absolute atomic E-state index is 8.83. The number of benzene rings is 1. The fourth-order valence-corrected chi connectivity index (χ4v) is 1.72. The van der Waals surface area contributed by atoms with E-state index in [0.29, 0.717) is 17.5 Å². The van der Waals surface area contributed by atoms with Crippen molar-refractivity contribution in [2.24, 2.45) is 5.92 Å². The molecule has 0 bridgehead atoms.